The summed E-state index contributed by atoms with van der Waals surface area (Å²) in [6.45, 7) is 4.23. The summed E-state index contributed by atoms with van der Waals surface area (Å²) in [5, 5.41) is 5.59. The lowest BCUT2D eigenvalue weighted by Crippen LogP contribution is -2.47. The van der Waals surface area contributed by atoms with E-state index in [1.54, 1.807) is 0 Å². The van der Waals surface area contributed by atoms with E-state index in [-0.39, 0.29) is 17.9 Å². The number of hydrogen-bond acceptors (Lipinski definition) is 3. The second-order valence-corrected chi connectivity index (χ2v) is 4.89. The molecule has 1 aromatic carbocycles. The molecule has 2 rings (SSSR count). The van der Waals surface area contributed by atoms with Crippen molar-refractivity contribution in [1.29, 1.82) is 0 Å². The minimum atomic E-state index is -0.317. The third-order valence-corrected chi connectivity index (χ3v) is 3.15. The van der Waals surface area contributed by atoms with Crippen LogP contribution in [0.3, 0.4) is 0 Å². The van der Waals surface area contributed by atoms with Crippen molar-refractivity contribution in [1.82, 2.24) is 5.32 Å². The molecule has 1 fully saturated rings. The van der Waals surface area contributed by atoms with E-state index in [4.69, 9.17) is 0 Å². The van der Waals surface area contributed by atoms with Gasteiger partial charge in [0.15, 0.2) is 0 Å². The van der Waals surface area contributed by atoms with E-state index in [0.29, 0.717) is 18.8 Å². The lowest BCUT2D eigenvalue weighted by atomic mass is 9.99. The van der Waals surface area contributed by atoms with Gasteiger partial charge in [0.25, 0.3) is 0 Å². The third kappa shape index (κ3) is 2.70. The number of amides is 2. The molecule has 1 aromatic rings. The molecule has 1 aliphatic rings. The predicted molar refractivity (Wildman–Crippen MR) is 70.3 cm³/mol. The van der Waals surface area contributed by atoms with Crippen LogP contribution in [0.4, 0.5) is 5.69 Å². The number of carbonyl (C=O) groups excluding carboxylic acids is 2. The quantitative estimate of drug-likeness (QED) is 0.802. The molecule has 96 valence electrons. The molecule has 18 heavy (non-hydrogen) atoms. The van der Waals surface area contributed by atoms with Crippen LogP contribution in [0.5, 0.6) is 0 Å². The molecule has 0 bridgehead atoms. The average Bonchev–Trinajstić information content (AvgIpc) is 2.33. The minimum Gasteiger partial charge on any atom is -0.373 e. The molecular weight excluding hydrogens is 228 g/mol. The number of nitrogens with one attached hydrogen (secondary N) is 2. The Morgan fingerprint density at radius 1 is 1.28 bits per heavy atom. The largest absolute Gasteiger partial charge is 0.373 e. The first-order chi connectivity index (χ1) is 8.58. The lowest BCUT2D eigenvalue weighted by molar-refractivity contribution is -0.133. The van der Waals surface area contributed by atoms with Crippen molar-refractivity contribution in [2.24, 2.45) is 0 Å². The van der Waals surface area contributed by atoms with Crippen molar-refractivity contribution in [2.45, 2.75) is 38.6 Å². The molecule has 0 saturated carbocycles. The summed E-state index contributed by atoms with van der Waals surface area (Å²) in [5.41, 5.74) is 2.16. The van der Waals surface area contributed by atoms with Crippen LogP contribution in [0, 0.1) is 0 Å². The van der Waals surface area contributed by atoms with Gasteiger partial charge in [0.05, 0.1) is 0 Å². The summed E-state index contributed by atoms with van der Waals surface area (Å²) in [6, 6.07) is 7.64. The van der Waals surface area contributed by atoms with Crippen molar-refractivity contribution in [3.8, 4) is 0 Å². The third-order valence-electron chi connectivity index (χ3n) is 3.15. The van der Waals surface area contributed by atoms with Crippen LogP contribution >= 0.6 is 0 Å². The smallest absolute Gasteiger partial charge is 0.249 e. The zero-order valence-electron chi connectivity index (χ0n) is 10.7. The molecular formula is C14H18N2O2. The van der Waals surface area contributed by atoms with E-state index in [1.165, 1.54) is 5.56 Å². The van der Waals surface area contributed by atoms with Gasteiger partial charge >= 0.3 is 0 Å². The second-order valence-electron chi connectivity index (χ2n) is 4.89. The SMILES string of the molecule is CC(C)c1ccccc1NC1CCC(=O)NC1=O. The zero-order valence-corrected chi connectivity index (χ0v) is 10.7. The Morgan fingerprint density at radius 3 is 2.67 bits per heavy atom. The van der Waals surface area contributed by atoms with Gasteiger partial charge in [-0.05, 0) is 24.0 Å². The molecule has 2 N–H and O–H groups in total. The highest BCUT2D eigenvalue weighted by Gasteiger charge is 2.26. The highest BCUT2D eigenvalue weighted by molar-refractivity contribution is 6.01. The first-order valence-corrected chi connectivity index (χ1v) is 6.27. The molecule has 0 radical (unpaired) electrons. The Kier molecular flexibility index (Phi) is 3.65. The minimum absolute atomic E-state index is 0.185. The molecule has 4 nitrogen and oxygen atoms in total. The highest BCUT2D eigenvalue weighted by Crippen LogP contribution is 2.25. The van der Waals surface area contributed by atoms with Crippen LogP contribution in [0.2, 0.25) is 0 Å². The van der Waals surface area contributed by atoms with Crippen molar-refractivity contribution in [2.75, 3.05) is 5.32 Å². The molecule has 0 spiro atoms. The van der Waals surface area contributed by atoms with Crippen molar-refractivity contribution in [3.05, 3.63) is 29.8 Å². The van der Waals surface area contributed by atoms with Gasteiger partial charge in [-0.1, -0.05) is 32.0 Å². The van der Waals surface area contributed by atoms with Crippen LogP contribution in [-0.4, -0.2) is 17.9 Å². The van der Waals surface area contributed by atoms with Gasteiger partial charge in [-0.2, -0.15) is 0 Å². The maximum absolute atomic E-state index is 11.7. The molecule has 2 amide bonds. The molecule has 0 aliphatic carbocycles. The van der Waals surface area contributed by atoms with Crippen LogP contribution in [0.1, 0.15) is 38.2 Å². The average molecular weight is 246 g/mol. The van der Waals surface area contributed by atoms with Crippen LogP contribution in [-0.2, 0) is 9.59 Å². The van der Waals surface area contributed by atoms with Gasteiger partial charge in [0.1, 0.15) is 6.04 Å². The molecule has 1 heterocycles. The fourth-order valence-corrected chi connectivity index (χ4v) is 2.15. The van der Waals surface area contributed by atoms with Gasteiger partial charge < -0.3 is 5.32 Å². The molecule has 1 atom stereocenters. The Hall–Kier alpha value is -1.84. The standard InChI is InChI=1S/C14H18N2O2/c1-9(2)10-5-3-4-6-11(10)15-12-7-8-13(17)16-14(12)18/h3-6,9,12,15H,7-8H2,1-2H3,(H,16,17,18). The monoisotopic (exact) mass is 246 g/mol. The number of benzene rings is 1. The van der Waals surface area contributed by atoms with Gasteiger partial charge in [0.2, 0.25) is 11.8 Å². The predicted octanol–water partition coefficient (Wildman–Crippen LogP) is 2.03. The van der Waals surface area contributed by atoms with Crippen molar-refractivity contribution < 1.29 is 9.59 Å². The van der Waals surface area contributed by atoms with Crippen LogP contribution in [0.15, 0.2) is 24.3 Å². The number of piperidine rings is 1. The van der Waals surface area contributed by atoms with Gasteiger partial charge in [-0.15, -0.1) is 0 Å². The van der Waals surface area contributed by atoms with E-state index in [9.17, 15) is 9.59 Å². The molecule has 1 saturated heterocycles. The Balaban J connectivity index is 2.14. The zero-order chi connectivity index (χ0) is 13.1. The Morgan fingerprint density at radius 2 is 2.00 bits per heavy atom. The first-order valence-electron chi connectivity index (χ1n) is 6.27. The van der Waals surface area contributed by atoms with Gasteiger partial charge in [-0.25, -0.2) is 0 Å². The number of anilines is 1. The van der Waals surface area contributed by atoms with E-state index in [1.807, 2.05) is 18.2 Å². The van der Waals surface area contributed by atoms with Crippen molar-refractivity contribution in [3.63, 3.8) is 0 Å². The molecule has 4 heteroatoms. The van der Waals surface area contributed by atoms with E-state index in [0.717, 1.165) is 5.69 Å². The molecule has 1 aliphatic heterocycles. The summed E-state index contributed by atoms with van der Waals surface area (Å²) in [5.74, 6) is -0.0259. The number of para-hydroxylation sites is 1. The maximum atomic E-state index is 11.7. The molecule has 1 unspecified atom stereocenters. The summed E-state index contributed by atoms with van der Waals surface area (Å²) in [6.07, 6.45) is 0.949. The summed E-state index contributed by atoms with van der Waals surface area (Å²) in [7, 11) is 0. The van der Waals surface area contributed by atoms with E-state index in [2.05, 4.69) is 30.5 Å². The van der Waals surface area contributed by atoms with Crippen LogP contribution < -0.4 is 10.6 Å². The second kappa shape index (κ2) is 5.21. The lowest BCUT2D eigenvalue weighted by Gasteiger charge is -2.24. The Bertz CT molecular complexity index is 469. The topological polar surface area (TPSA) is 58.2 Å². The fraction of sp³-hybridized carbons (Fsp3) is 0.429. The highest BCUT2D eigenvalue weighted by atomic mass is 16.2. The Labute approximate surface area is 107 Å². The number of carbonyl (C=O) groups is 2. The van der Waals surface area contributed by atoms with Gasteiger partial charge in [0, 0.05) is 12.1 Å². The summed E-state index contributed by atoms with van der Waals surface area (Å²) in [4.78, 5) is 22.8. The van der Waals surface area contributed by atoms with Crippen LogP contribution in [0.25, 0.3) is 0 Å². The molecule has 0 aromatic heterocycles. The van der Waals surface area contributed by atoms with Gasteiger partial charge in [-0.3, -0.25) is 14.9 Å². The maximum Gasteiger partial charge on any atom is 0.249 e. The number of hydrogen-bond donors (Lipinski definition) is 2. The summed E-state index contributed by atoms with van der Waals surface area (Å²) < 4.78 is 0. The summed E-state index contributed by atoms with van der Waals surface area (Å²) >= 11 is 0. The van der Waals surface area contributed by atoms with E-state index < -0.39 is 0 Å². The normalized spacial score (nSPS) is 19.8. The van der Waals surface area contributed by atoms with E-state index >= 15 is 0 Å². The fourth-order valence-electron chi connectivity index (χ4n) is 2.15. The number of imide groups is 1. The van der Waals surface area contributed by atoms with Crippen molar-refractivity contribution >= 4 is 17.5 Å². The number of rotatable bonds is 3. The first kappa shape index (κ1) is 12.6.